The van der Waals surface area contributed by atoms with Crippen LogP contribution in [0.15, 0.2) is 36.4 Å². The number of nitrogens with two attached hydrogens (primary N) is 1. The lowest BCUT2D eigenvalue weighted by atomic mass is 10.1. The molecular formula is C16H20N+. The molecule has 0 radical (unpaired) electrons. The van der Waals surface area contributed by atoms with Crippen molar-refractivity contribution in [3.8, 4) is 0 Å². The van der Waals surface area contributed by atoms with Crippen LogP contribution in [0.4, 0.5) is 11.4 Å². The van der Waals surface area contributed by atoms with E-state index in [9.17, 15) is 0 Å². The van der Waals surface area contributed by atoms with Crippen LogP contribution in [-0.2, 0) is 0 Å². The lowest BCUT2D eigenvalue weighted by molar-refractivity contribution is -0.480. The molecule has 0 atom stereocenters. The molecule has 0 fully saturated rings. The molecule has 2 N–H and O–H groups in total. The Morgan fingerprint density at radius 1 is 0.588 bits per heavy atom. The highest BCUT2D eigenvalue weighted by atomic mass is 14.9. The molecule has 2 aromatic carbocycles. The minimum atomic E-state index is 1.34. The monoisotopic (exact) mass is 226 g/mol. The SMILES string of the molecule is Cc1cccc(C)c1[NH2+]c1c(C)cccc1C. The number of rotatable bonds is 2. The van der Waals surface area contributed by atoms with Crippen LogP contribution in [0.1, 0.15) is 22.3 Å². The zero-order chi connectivity index (χ0) is 12.4. The van der Waals surface area contributed by atoms with E-state index in [-0.39, 0.29) is 0 Å². The minimum Gasteiger partial charge on any atom is -0.281 e. The predicted molar refractivity (Wildman–Crippen MR) is 73.1 cm³/mol. The van der Waals surface area contributed by atoms with Crippen LogP contribution in [0.5, 0.6) is 0 Å². The summed E-state index contributed by atoms with van der Waals surface area (Å²) in [4.78, 5) is 0. The van der Waals surface area contributed by atoms with E-state index in [0.717, 1.165) is 0 Å². The molecule has 0 bridgehead atoms. The minimum absolute atomic E-state index is 1.34. The summed E-state index contributed by atoms with van der Waals surface area (Å²) in [6.45, 7) is 8.69. The van der Waals surface area contributed by atoms with Gasteiger partial charge in [-0.15, -0.1) is 0 Å². The summed E-state index contributed by atoms with van der Waals surface area (Å²) in [7, 11) is 0. The van der Waals surface area contributed by atoms with Gasteiger partial charge in [-0.25, -0.2) is 0 Å². The van der Waals surface area contributed by atoms with Crippen LogP contribution < -0.4 is 5.32 Å². The van der Waals surface area contributed by atoms with Crippen LogP contribution in [0.25, 0.3) is 0 Å². The molecule has 1 heteroatoms. The molecule has 0 aliphatic rings. The van der Waals surface area contributed by atoms with E-state index in [0.29, 0.717) is 0 Å². The molecule has 0 amide bonds. The van der Waals surface area contributed by atoms with E-state index in [1.54, 1.807) is 0 Å². The van der Waals surface area contributed by atoms with Crippen molar-refractivity contribution in [2.75, 3.05) is 0 Å². The molecule has 2 rings (SSSR count). The van der Waals surface area contributed by atoms with E-state index < -0.39 is 0 Å². The van der Waals surface area contributed by atoms with Crippen molar-refractivity contribution in [1.82, 2.24) is 0 Å². The largest absolute Gasteiger partial charge is 0.281 e. The third kappa shape index (κ3) is 2.40. The molecule has 0 aliphatic heterocycles. The first-order chi connectivity index (χ1) is 8.09. The lowest BCUT2D eigenvalue weighted by Gasteiger charge is -2.10. The Kier molecular flexibility index (Phi) is 3.30. The predicted octanol–water partition coefficient (Wildman–Crippen LogP) is 3.45. The highest BCUT2D eigenvalue weighted by Crippen LogP contribution is 2.19. The Morgan fingerprint density at radius 3 is 1.18 bits per heavy atom. The first-order valence-electron chi connectivity index (χ1n) is 6.07. The van der Waals surface area contributed by atoms with Crippen LogP contribution in [0.2, 0.25) is 0 Å². The summed E-state index contributed by atoms with van der Waals surface area (Å²) in [5, 5.41) is 2.31. The number of hydrogen-bond acceptors (Lipinski definition) is 0. The van der Waals surface area contributed by atoms with Crippen LogP contribution in [-0.4, -0.2) is 0 Å². The molecular weight excluding hydrogens is 206 g/mol. The zero-order valence-electron chi connectivity index (χ0n) is 11.0. The Hall–Kier alpha value is -1.60. The summed E-state index contributed by atoms with van der Waals surface area (Å²) in [5.41, 5.74) is 8.07. The zero-order valence-corrected chi connectivity index (χ0v) is 11.0. The first kappa shape index (κ1) is 11.9. The number of hydrogen-bond donors (Lipinski definition) is 1. The second-order valence-electron chi connectivity index (χ2n) is 4.76. The number of para-hydroxylation sites is 2. The van der Waals surface area contributed by atoms with E-state index in [4.69, 9.17) is 0 Å². The summed E-state index contributed by atoms with van der Waals surface area (Å²) in [6, 6.07) is 12.9. The molecule has 0 unspecified atom stereocenters. The normalized spacial score (nSPS) is 10.6. The number of benzene rings is 2. The quantitative estimate of drug-likeness (QED) is 0.755. The Labute approximate surface area is 103 Å². The van der Waals surface area contributed by atoms with Gasteiger partial charge in [0, 0.05) is 22.3 Å². The lowest BCUT2D eigenvalue weighted by Crippen LogP contribution is -2.72. The van der Waals surface area contributed by atoms with Gasteiger partial charge in [-0.2, -0.15) is 0 Å². The van der Waals surface area contributed by atoms with Gasteiger partial charge in [-0.3, -0.25) is 5.32 Å². The van der Waals surface area contributed by atoms with Crippen molar-refractivity contribution in [1.29, 1.82) is 0 Å². The molecule has 0 aliphatic carbocycles. The van der Waals surface area contributed by atoms with Crippen LogP contribution >= 0.6 is 0 Å². The third-order valence-corrected chi connectivity index (χ3v) is 3.37. The molecule has 2 aromatic rings. The summed E-state index contributed by atoms with van der Waals surface area (Å²) >= 11 is 0. The highest BCUT2D eigenvalue weighted by Gasteiger charge is 2.11. The molecule has 0 saturated carbocycles. The molecule has 17 heavy (non-hydrogen) atoms. The van der Waals surface area contributed by atoms with Gasteiger partial charge < -0.3 is 0 Å². The Bertz CT molecular complexity index is 451. The highest BCUT2D eigenvalue weighted by molar-refractivity contribution is 5.52. The Balaban J connectivity index is 2.45. The topological polar surface area (TPSA) is 16.6 Å². The molecule has 0 spiro atoms. The van der Waals surface area contributed by atoms with Crippen LogP contribution in [0, 0.1) is 27.7 Å². The van der Waals surface area contributed by atoms with Crippen molar-refractivity contribution in [2.24, 2.45) is 0 Å². The van der Waals surface area contributed by atoms with Gasteiger partial charge in [0.15, 0.2) is 0 Å². The fourth-order valence-electron chi connectivity index (χ4n) is 2.25. The van der Waals surface area contributed by atoms with E-state index in [1.807, 2.05) is 0 Å². The van der Waals surface area contributed by atoms with Gasteiger partial charge in [0.2, 0.25) is 0 Å². The molecule has 0 saturated heterocycles. The van der Waals surface area contributed by atoms with Crippen molar-refractivity contribution < 1.29 is 5.32 Å². The van der Waals surface area contributed by atoms with E-state index in [2.05, 4.69) is 69.4 Å². The van der Waals surface area contributed by atoms with Crippen molar-refractivity contribution in [3.05, 3.63) is 58.7 Å². The summed E-state index contributed by atoms with van der Waals surface area (Å²) < 4.78 is 0. The van der Waals surface area contributed by atoms with Gasteiger partial charge in [0.1, 0.15) is 11.4 Å². The fourth-order valence-corrected chi connectivity index (χ4v) is 2.25. The second-order valence-corrected chi connectivity index (χ2v) is 4.76. The second kappa shape index (κ2) is 4.72. The van der Waals surface area contributed by atoms with Crippen molar-refractivity contribution in [3.63, 3.8) is 0 Å². The molecule has 0 heterocycles. The maximum Gasteiger partial charge on any atom is 0.140 e. The van der Waals surface area contributed by atoms with Gasteiger partial charge in [0.25, 0.3) is 0 Å². The van der Waals surface area contributed by atoms with Gasteiger partial charge >= 0.3 is 0 Å². The first-order valence-corrected chi connectivity index (χ1v) is 6.07. The van der Waals surface area contributed by atoms with Crippen molar-refractivity contribution in [2.45, 2.75) is 27.7 Å². The standard InChI is InChI=1S/C16H19N/c1-11-7-5-8-12(2)15(11)17-16-13(3)9-6-10-14(16)4/h5-10,17H,1-4H3/p+1. The number of quaternary nitrogens is 1. The maximum absolute atomic E-state index is 2.31. The Morgan fingerprint density at radius 2 is 0.882 bits per heavy atom. The van der Waals surface area contributed by atoms with Gasteiger partial charge in [-0.05, 0) is 27.7 Å². The molecule has 1 nitrogen and oxygen atoms in total. The smallest absolute Gasteiger partial charge is 0.140 e. The van der Waals surface area contributed by atoms with Gasteiger partial charge in [0.05, 0.1) is 0 Å². The summed E-state index contributed by atoms with van der Waals surface area (Å²) in [5.74, 6) is 0. The van der Waals surface area contributed by atoms with E-state index >= 15 is 0 Å². The van der Waals surface area contributed by atoms with E-state index in [1.165, 1.54) is 33.6 Å². The average Bonchev–Trinajstić information content (AvgIpc) is 2.27. The van der Waals surface area contributed by atoms with Gasteiger partial charge in [-0.1, -0.05) is 36.4 Å². The maximum atomic E-state index is 2.31. The number of aryl methyl sites for hydroxylation is 4. The third-order valence-electron chi connectivity index (χ3n) is 3.37. The molecule has 0 aromatic heterocycles. The average molecular weight is 226 g/mol. The van der Waals surface area contributed by atoms with Crippen molar-refractivity contribution >= 4 is 11.4 Å². The van der Waals surface area contributed by atoms with Crippen LogP contribution in [0.3, 0.4) is 0 Å². The fraction of sp³-hybridized carbons (Fsp3) is 0.250. The molecule has 88 valence electrons. The summed E-state index contributed by atoms with van der Waals surface area (Å²) in [6.07, 6.45) is 0.